The number of anilines is 1. The average molecular weight is 543 g/mol. The molecule has 0 fully saturated rings. The lowest BCUT2D eigenvalue weighted by atomic mass is 10.0. The number of amides is 2. The molecule has 0 aliphatic heterocycles. The second-order valence-electron chi connectivity index (χ2n) is 8.51. The second kappa shape index (κ2) is 12.3. The Morgan fingerprint density at radius 2 is 1.66 bits per heavy atom. The summed E-state index contributed by atoms with van der Waals surface area (Å²) in [4.78, 5) is 38.6. The third kappa shape index (κ3) is 7.35. The number of carbonyl (C=O) groups is 2. The molecule has 0 aromatic heterocycles. The summed E-state index contributed by atoms with van der Waals surface area (Å²) < 4.78 is 39.6. The zero-order valence-corrected chi connectivity index (χ0v) is 21.6. The SMILES string of the molecule is CNC(=O)[C@H](Cc1ccccc1)N(Cc1ccc(F)cc1)C(=O)CN(c1cccc([N+](=O)[O-])c1)S(C)(=O)=O. The van der Waals surface area contributed by atoms with Gasteiger partial charge >= 0.3 is 0 Å². The van der Waals surface area contributed by atoms with Crippen molar-refractivity contribution in [3.8, 4) is 0 Å². The lowest BCUT2D eigenvalue weighted by Gasteiger charge is -2.33. The van der Waals surface area contributed by atoms with Gasteiger partial charge in [0, 0.05) is 32.1 Å². The molecule has 2 amide bonds. The molecule has 0 spiro atoms. The Bertz CT molecular complexity index is 1400. The van der Waals surface area contributed by atoms with Crippen LogP contribution in [0.15, 0.2) is 78.9 Å². The molecule has 200 valence electrons. The Labute approximate surface area is 219 Å². The van der Waals surface area contributed by atoms with E-state index in [9.17, 15) is 32.5 Å². The minimum absolute atomic E-state index is 0.0728. The van der Waals surface area contributed by atoms with Gasteiger partial charge in [-0.2, -0.15) is 0 Å². The fourth-order valence-corrected chi connectivity index (χ4v) is 4.72. The van der Waals surface area contributed by atoms with Crippen LogP contribution < -0.4 is 9.62 Å². The van der Waals surface area contributed by atoms with E-state index in [1.54, 1.807) is 24.3 Å². The van der Waals surface area contributed by atoms with E-state index in [2.05, 4.69) is 5.32 Å². The van der Waals surface area contributed by atoms with E-state index in [-0.39, 0.29) is 24.3 Å². The number of rotatable bonds is 11. The largest absolute Gasteiger partial charge is 0.357 e. The first kappa shape index (κ1) is 28.3. The molecule has 1 atom stereocenters. The maximum atomic E-state index is 13.7. The van der Waals surface area contributed by atoms with Crippen LogP contribution in [0.4, 0.5) is 15.8 Å². The van der Waals surface area contributed by atoms with E-state index in [4.69, 9.17) is 0 Å². The van der Waals surface area contributed by atoms with Gasteiger partial charge in [0.25, 0.3) is 5.69 Å². The van der Waals surface area contributed by atoms with Crippen LogP contribution >= 0.6 is 0 Å². The standard InChI is InChI=1S/C26H27FN4O6S/c1-28-26(33)24(15-19-7-4-3-5-8-19)29(17-20-11-13-21(27)14-12-20)25(32)18-30(38(2,36)37)22-9-6-10-23(16-22)31(34)35/h3-14,16,24H,15,17-18H2,1-2H3,(H,28,33)/t24-/m0/s1. The number of likely N-dealkylation sites (N-methyl/N-ethyl adjacent to an activating group) is 1. The summed E-state index contributed by atoms with van der Waals surface area (Å²) in [5.74, 6) is -1.69. The highest BCUT2D eigenvalue weighted by Gasteiger charge is 2.33. The number of benzene rings is 3. The Hall–Kier alpha value is -4.32. The van der Waals surface area contributed by atoms with Gasteiger partial charge in [-0.05, 0) is 29.3 Å². The molecule has 0 heterocycles. The summed E-state index contributed by atoms with van der Waals surface area (Å²) in [5, 5.41) is 13.8. The van der Waals surface area contributed by atoms with Crippen LogP contribution in [0, 0.1) is 15.9 Å². The van der Waals surface area contributed by atoms with Crippen LogP contribution in [-0.4, -0.2) is 55.9 Å². The molecule has 0 saturated carbocycles. The number of non-ortho nitro benzene ring substituents is 1. The van der Waals surface area contributed by atoms with E-state index in [0.717, 1.165) is 22.2 Å². The molecule has 0 saturated heterocycles. The Balaban J connectivity index is 2.03. The molecular weight excluding hydrogens is 515 g/mol. The molecule has 0 bridgehead atoms. The first-order valence-corrected chi connectivity index (χ1v) is 13.4. The molecule has 0 radical (unpaired) electrons. The van der Waals surface area contributed by atoms with Crippen LogP contribution in [0.3, 0.4) is 0 Å². The molecule has 3 aromatic carbocycles. The van der Waals surface area contributed by atoms with Crippen molar-refractivity contribution in [1.29, 1.82) is 0 Å². The molecule has 3 rings (SSSR count). The van der Waals surface area contributed by atoms with Crippen molar-refractivity contribution in [2.24, 2.45) is 0 Å². The van der Waals surface area contributed by atoms with Crippen molar-refractivity contribution in [2.45, 2.75) is 19.0 Å². The van der Waals surface area contributed by atoms with E-state index in [0.29, 0.717) is 5.56 Å². The van der Waals surface area contributed by atoms with Crippen molar-refractivity contribution in [3.05, 3.63) is 106 Å². The second-order valence-corrected chi connectivity index (χ2v) is 10.4. The van der Waals surface area contributed by atoms with Crippen molar-refractivity contribution in [2.75, 3.05) is 24.2 Å². The first-order chi connectivity index (χ1) is 18.0. The Kier molecular flexibility index (Phi) is 9.13. The fraction of sp³-hybridized carbons (Fsp3) is 0.231. The highest BCUT2D eigenvalue weighted by Crippen LogP contribution is 2.24. The number of carbonyl (C=O) groups excluding carboxylic acids is 2. The molecule has 38 heavy (non-hydrogen) atoms. The summed E-state index contributed by atoms with van der Waals surface area (Å²) in [5.41, 5.74) is 0.857. The van der Waals surface area contributed by atoms with Gasteiger partial charge in [-0.1, -0.05) is 48.5 Å². The zero-order chi connectivity index (χ0) is 27.9. The summed E-state index contributed by atoms with van der Waals surface area (Å²) in [6, 6.07) is 18.2. The molecule has 1 N–H and O–H groups in total. The summed E-state index contributed by atoms with van der Waals surface area (Å²) in [6.45, 7) is -0.833. The highest BCUT2D eigenvalue weighted by molar-refractivity contribution is 7.92. The number of sulfonamides is 1. The lowest BCUT2D eigenvalue weighted by molar-refractivity contribution is -0.384. The Morgan fingerprint density at radius 3 is 2.24 bits per heavy atom. The molecule has 10 nitrogen and oxygen atoms in total. The van der Waals surface area contributed by atoms with Gasteiger partial charge in [-0.3, -0.25) is 24.0 Å². The van der Waals surface area contributed by atoms with Crippen molar-refractivity contribution < 1.29 is 27.3 Å². The van der Waals surface area contributed by atoms with E-state index >= 15 is 0 Å². The normalized spacial score (nSPS) is 11.9. The maximum Gasteiger partial charge on any atom is 0.271 e. The first-order valence-electron chi connectivity index (χ1n) is 11.5. The topological polar surface area (TPSA) is 130 Å². The van der Waals surface area contributed by atoms with Gasteiger partial charge in [0.15, 0.2) is 0 Å². The molecule has 0 aliphatic carbocycles. The van der Waals surface area contributed by atoms with Crippen LogP contribution in [0.5, 0.6) is 0 Å². The van der Waals surface area contributed by atoms with Gasteiger partial charge in [0.1, 0.15) is 18.4 Å². The highest BCUT2D eigenvalue weighted by atomic mass is 32.2. The molecular formula is C26H27FN4O6S. The van der Waals surface area contributed by atoms with Crippen molar-refractivity contribution >= 4 is 33.2 Å². The van der Waals surface area contributed by atoms with Gasteiger partial charge in [0.05, 0.1) is 16.9 Å². The number of nitrogens with one attached hydrogen (secondary N) is 1. The predicted molar refractivity (Wildman–Crippen MR) is 140 cm³/mol. The van der Waals surface area contributed by atoms with Gasteiger partial charge in [0.2, 0.25) is 21.8 Å². The quantitative estimate of drug-likeness (QED) is 0.293. The summed E-state index contributed by atoms with van der Waals surface area (Å²) in [7, 11) is -2.64. The summed E-state index contributed by atoms with van der Waals surface area (Å²) in [6.07, 6.45) is 1.01. The molecule has 0 aliphatic rings. The van der Waals surface area contributed by atoms with E-state index in [1.165, 1.54) is 54.4 Å². The van der Waals surface area contributed by atoms with Crippen molar-refractivity contribution in [3.63, 3.8) is 0 Å². The maximum absolute atomic E-state index is 13.7. The van der Waals surface area contributed by atoms with Crippen LogP contribution in [0.2, 0.25) is 0 Å². The number of nitrogens with zero attached hydrogens (tertiary/aromatic N) is 3. The Morgan fingerprint density at radius 1 is 1.00 bits per heavy atom. The number of hydrogen-bond acceptors (Lipinski definition) is 6. The number of nitro benzene ring substituents is 1. The third-order valence-corrected chi connectivity index (χ3v) is 6.93. The van der Waals surface area contributed by atoms with Gasteiger partial charge < -0.3 is 10.2 Å². The molecule has 0 unspecified atom stereocenters. The number of halogens is 1. The van der Waals surface area contributed by atoms with Gasteiger partial charge in [-0.15, -0.1) is 0 Å². The molecule has 12 heteroatoms. The fourth-order valence-electron chi connectivity index (χ4n) is 3.88. The number of nitro groups is 1. The van der Waals surface area contributed by atoms with Crippen molar-refractivity contribution in [1.82, 2.24) is 10.2 Å². The van der Waals surface area contributed by atoms with E-state index < -0.39 is 45.2 Å². The predicted octanol–water partition coefficient (Wildman–Crippen LogP) is 2.89. The lowest BCUT2D eigenvalue weighted by Crippen LogP contribution is -2.52. The van der Waals surface area contributed by atoms with Crippen LogP contribution in [0.25, 0.3) is 0 Å². The number of hydrogen-bond donors (Lipinski definition) is 1. The van der Waals surface area contributed by atoms with Crippen LogP contribution in [0.1, 0.15) is 11.1 Å². The third-order valence-electron chi connectivity index (χ3n) is 5.79. The van der Waals surface area contributed by atoms with Crippen LogP contribution in [-0.2, 0) is 32.6 Å². The minimum Gasteiger partial charge on any atom is -0.357 e. The van der Waals surface area contributed by atoms with E-state index in [1.807, 2.05) is 6.07 Å². The minimum atomic E-state index is -4.06. The smallest absolute Gasteiger partial charge is 0.271 e. The monoisotopic (exact) mass is 542 g/mol. The summed E-state index contributed by atoms with van der Waals surface area (Å²) >= 11 is 0. The average Bonchev–Trinajstić information content (AvgIpc) is 2.89. The van der Waals surface area contributed by atoms with Gasteiger partial charge in [-0.25, -0.2) is 12.8 Å². The zero-order valence-electron chi connectivity index (χ0n) is 20.8. The molecule has 3 aromatic rings.